The van der Waals surface area contributed by atoms with Crippen molar-refractivity contribution in [2.45, 2.75) is 46.0 Å². The molecule has 0 saturated heterocycles. The number of allylic oxidation sites excluding steroid dienone is 2. The van der Waals surface area contributed by atoms with Crippen LogP contribution in [0.2, 0.25) is 0 Å². The maximum absolute atomic E-state index is 3.72. The van der Waals surface area contributed by atoms with Crippen molar-refractivity contribution in [2.24, 2.45) is 0 Å². The summed E-state index contributed by atoms with van der Waals surface area (Å²) in [6, 6.07) is 0. The molecule has 0 aromatic heterocycles. The molecule has 0 aromatic carbocycles. The Morgan fingerprint density at radius 3 is 2.20 bits per heavy atom. The first-order valence-electron chi connectivity index (χ1n) is 6.33. The molecule has 0 bridgehead atoms. The summed E-state index contributed by atoms with van der Waals surface area (Å²) in [6.45, 7) is 11.8. The van der Waals surface area contributed by atoms with E-state index in [0.29, 0.717) is 0 Å². The van der Waals surface area contributed by atoms with E-state index < -0.39 is 0 Å². The molecule has 0 fully saturated rings. The highest BCUT2D eigenvalue weighted by molar-refractivity contribution is 4.85. The van der Waals surface area contributed by atoms with E-state index in [-0.39, 0.29) is 0 Å². The molecule has 0 spiro atoms. The maximum Gasteiger partial charge on any atom is 0.0163 e. The molecular weight excluding hydrogens is 182 g/mol. The quantitative estimate of drug-likeness (QED) is 0.388. The lowest BCUT2D eigenvalue weighted by Crippen LogP contribution is -2.25. The van der Waals surface area contributed by atoms with Crippen molar-refractivity contribution in [2.75, 3.05) is 19.6 Å². The zero-order valence-corrected chi connectivity index (χ0v) is 10.5. The molecule has 0 unspecified atom stereocenters. The Balaban J connectivity index is 3.53. The molecule has 88 valence electrons. The van der Waals surface area contributed by atoms with Gasteiger partial charge in [-0.1, -0.05) is 32.1 Å². The molecule has 0 radical (unpaired) electrons. The minimum Gasteiger partial charge on any atom is -0.300 e. The van der Waals surface area contributed by atoms with Crippen molar-refractivity contribution in [1.29, 1.82) is 0 Å². The van der Waals surface area contributed by atoms with Crippen LogP contribution in [0, 0.1) is 0 Å². The third kappa shape index (κ3) is 9.74. The molecule has 0 aliphatic heterocycles. The summed E-state index contributed by atoms with van der Waals surface area (Å²) in [5.41, 5.74) is 0. The first kappa shape index (κ1) is 14.4. The van der Waals surface area contributed by atoms with Gasteiger partial charge in [0.2, 0.25) is 0 Å². The maximum atomic E-state index is 3.72. The van der Waals surface area contributed by atoms with Crippen molar-refractivity contribution in [1.82, 2.24) is 4.90 Å². The summed E-state index contributed by atoms with van der Waals surface area (Å²) < 4.78 is 0. The van der Waals surface area contributed by atoms with Gasteiger partial charge in [0.15, 0.2) is 0 Å². The Morgan fingerprint density at radius 2 is 1.67 bits per heavy atom. The molecule has 0 amide bonds. The predicted molar refractivity (Wildman–Crippen MR) is 70.2 cm³/mol. The Bertz CT molecular complexity index is 155. The van der Waals surface area contributed by atoms with Gasteiger partial charge in [0.1, 0.15) is 0 Å². The van der Waals surface area contributed by atoms with E-state index >= 15 is 0 Å². The second-order valence-electron chi connectivity index (χ2n) is 3.99. The van der Waals surface area contributed by atoms with Gasteiger partial charge >= 0.3 is 0 Å². The first-order chi connectivity index (χ1) is 7.35. The van der Waals surface area contributed by atoms with Gasteiger partial charge in [-0.25, -0.2) is 0 Å². The van der Waals surface area contributed by atoms with Gasteiger partial charge in [-0.05, 0) is 45.2 Å². The Morgan fingerprint density at radius 1 is 1.00 bits per heavy atom. The predicted octanol–water partition coefficient (Wildman–Crippen LogP) is 4.02. The number of rotatable bonds is 10. The third-order valence-electron chi connectivity index (χ3n) is 2.39. The first-order valence-corrected chi connectivity index (χ1v) is 6.33. The molecule has 15 heavy (non-hydrogen) atoms. The summed E-state index contributed by atoms with van der Waals surface area (Å²) in [6.07, 6.45) is 12.7. The molecular formula is C14H27N. The van der Waals surface area contributed by atoms with Crippen LogP contribution in [0.3, 0.4) is 0 Å². The van der Waals surface area contributed by atoms with E-state index in [2.05, 4.69) is 37.5 Å². The van der Waals surface area contributed by atoms with E-state index in [9.17, 15) is 0 Å². The Kier molecular flexibility index (Phi) is 11.1. The average Bonchev–Trinajstić information content (AvgIpc) is 2.24. The van der Waals surface area contributed by atoms with Crippen LogP contribution in [-0.2, 0) is 0 Å². The van der Waals surface area contributed by atoms with Crippen molar-refractivity contribution >= 4 is 0 Å². The SMILES string of the molecule is C=CCCCC=CCN(CCC)CCC. The van der Waals surface area contributed by atoms with Gasteiger partial charge in [0, 0.05) is 6.54 Å². The van der Waals surface area contributed by atoms with Gasteiger partial charge < -0.3 is 0 Å². The molecule has 0 saturated carbocycles. The van der Waals surface area contributed by atoms with Crippen LogP contribution in [0.5, 0.6) is 0 Å². The number of unbranched alkanes of at least 4 members (excludes halogenated alkanes) is 2. The molecule has 0 aliphatic rings. The summed E-state index contributed by atoms with van der Waals surface area (Å²) in [5.74, 6) is 0. The average molecular weight is 209 g/mol. The van der Waals surface area contributed by atoms with Crippen molar-refractivity contribution in [3.05, 3.63) is 24.8 Å². The van der Waals surface area contributed by atoms with Crippen LogP contribution in [0.4, 0.5) is 0 Å². The Hall–Kier alpha value is -0.560. The van der Waals surface area contributed by atoms with E-state index in [1.54, 1.807) is 0 Å². The molecule has 1 heteroatoms. The molecule has 0 atom stereocenters. The number of nitrogens with zero attached hydrogens (tertiary/aromatic N) is 1. The molecule has 0 rings (SSSR count). The largest absolute Gasteiger partial charge is 0.300 e. The third-order valence-corrected chi connectivity index (χ3v) is 2.39. The molecule has 1 nitrogen and oxygen atoms in total. The number of hydrogen-bond acceptors (Lipinski definition) is 1. The van der Waals surface area contributed by atoms with Gasteiger partial charge in [-0.2, -0.15) is 0 Å². The monoisotopic (exact) mass is 209 g/mol. The van der Waals surface area contributed by atoms with Crippen LogP contribution in [-0.4, -0.2) is 24.5 Å². The van der Waals surface area contributed by atoms with E-state index in [0.717, 1.165) is 13.0 Å². The van der Waals surface area contributed by atoms with Crippen LogP contribution in [0.1, 0.15) is 46.0 Å². The highest BCUT2D eigenvalue weighted by Gasteiger charge is 1.98. The van der Waals surface area contributed by atoms with Crippen LogP contribution >= 0.6 is 0 Å². The second-order valence-corrected chi connectivity index (χ2v) is 3.99. The van der Waals surface area contributed by atoms with Gasteiger partial charge in [0.05, 0.1) is 0 Å². The summed E-state index contributed by atoms with van der Waals surface area (Å²) in [5, 5.41) is 0. The summed E-state index contributed by atoms with van der Waals surface area (Å²) in [4.78, 5) is 2.52. The van der Waals surface area contributed by atoms with E-state index in [1.807, 2.05) is 6.08 Å². The fraction of sp³-hybridized carbons (Fsp3) is 0.714. The number of hydrogen-bond donors (Lipinski definition) is 0. The smallest absolute Gasteiger partial charge is 0.0163 e. The van der Waals surface area contributed by atoms with E-state index in [4.69, 9.17) is 0 Å². The normalized spacial score (nSPS) is 11.4. The summed E-state index contributed by atoms with van der Waals surface area (Å²) >= 11 is 0. The minimum atomic E-state index is 1.12. The lowest BCUT2D eigenvalue weighted by Gasteiger charge is -2.18. The van der Waals surface area contributed by atoms with E-state index in [1.165, 1.54) is 38.8 Å². The van der Waals surface area contributed by atoms with Crippen LogP contribution in [0.15, 0.2) is 24.8 Å². The Labute approximate surface area is 95.9 Å². The van der Waals surface area contributed by atoms with Crippen LogP contribution in [0.25, 0.3) is 0 Å². The van der Waals surface area contributed by atoms with Gasteiger partial charge in [-0.15, -0.1) is 6.58 Å². The van der Waals surface area contributed by atoms with Gasteiger partial charge in [0.25, 0.3) is 0 Å². The van der Waals surface area contributed by atoms with Crippen molar-refractivity contribution in [3.63, 3.8) is 0 Å². The minimum absolute atomic E-state index is 1.12. The molecule has 0 heterocycles. The molecule has 0 aliphatic carbocycles. The highest BCUT2D eigenvalue weighted by atomic mass is 15.1. The zero-order chi connectivity index (χ0) is 11.4. The molecule has 0 N–H and O–H groups in total. The van der Waals surface area contributed by atoms with Crippen LogP contribution < -0.4 is 0 Å². The highest BCUT2D eigenvalue weighted by Crippen LogP contribution is 1.98. The fourth-order valence-electron chi connectivity index (χ4n) is 1.65. The molecule has 0 aromatic rings. The lowest BCUT2D eigenvalue weighted by atomic mass is 10.2. The zero-order valence-electron chi connectivity index (χ0n) is 10.5. The second kappa shape index (κ2) is 11.5. The lowest BCUT2D eigenvalue weighted by molar-refractivity contribution is 0.303. The topological polar surface area (TPSA) is 3.24 Å². The van der Waals surface area contributed by atoms with Crippen molar-refractivity contribution < 1.29 is 0 Å². The standard InChI is InChI=1S/C14H27N/c1-4-7-8-9-10-11-14-15(12-5-2)13-6-3/h4,10-11H,1,5-9,12-14H2,2-3H3. The van der Waals surface area contributed by atoms with Gasteiger partial charge in [-0.3, -0.25) is 4.90 Å². The van der Waals surface area contributed by atoms with Crippen molar-refractivity contribution in [3.8, 4) is 0 Å². The fourth-order valence-corrected chi connectivity index (χ4v) is 1.65. The summed E-state index contributed by atoms with van der Waals surface area (Å²) in [7, 11) is 0.